The Morgan fingerprint density at radius 1 is 1.30 bits per heavy atom. The lowest BCUT2D eigenvalue weighted by molar-refractivity contribution is -0.139. The van der Waals surface area contributed by atoms with Gasteiger partial charge in [0, 0.05) is 11.6 Å². The van der Waals surface area contributed by atoms with Gasteiger partial charge in [-0.25, -0.2) is 9.59 Å². The van der Waals surface area contributed by atoms with E-state index in [0.717, 1.165) is 30.1 Å². The van der Waals surface area contributed by atoms with Crippen LogP contribution in [0.2, 0.25) is 0 Å². The van der Waals surface area contributed by atoms with Crippen molar-refractivity contribution in [1.82, 2.24) is 0 Å². The molecule has 20 heavy (non-hydrogen) atoms. The second-order valence-corrected chi connectivity index (χ2v) is 4.36. The zero-order chi connectivity index (χ0) is 15.0. The highest BCUT2D eigenvalue weighted by atomic mass is 16.5. The maximum Gasteiger partial charge on any atom is 0.331 e. The van der Waals surface area contributed by atoms with Gasteiger partial charge in [0.05, 0.1) is 0 Å². The number of ether oxygens (including phenoxy) is 1. The number of aliphatic carboxylic acids is 1. The van der Waals surface area contributed by atoms with Crippen molar-refractivity contribution >= 4 is 11.9 Å². The highest BCUT2D eigenvalue weighted by Gasteiger charge is 2.18. The molecule has 0 atom stereocenters. The molecule has 0 saturated heterocycles. The molecule has 1 N–H and O–H groups in total. The minimum Gasteiger partial charge on any atom is -0.478 e. The third-order valence-corrected chi connectivity index (χ3v) is 2.91. The fourth-order valence-corrected chi connectivity index (χ4v) is 1.58. The predicted octanol–water partition coefficient (Wildman–Crippen LogP) is 3.10. The summed E-state index contributed by atoms with van der Waals surface area (Å²) in [5, 5.41) is 8.35. The van der Waals surface area contributed by atoms with Gasteiger partial charge < -0.3 is 9.84 Å². The Bertz CT molecular complexity index is 515. The van der Waals surface area contributed by atoms with Crippen molar-refractivity contribution in [1.29, 1.82) is 0 Å². The van der Waals surface area contributed by atoms with Crippen molar-refractivity contribution in [2.45, 2.75) is 26.4 Å². The van der Waals surface area contributed by atoms with E-state index in [0.29, 0.717) is 12.2 Å². The fourth-order valence-electron chi connectivity index (χ4n) is 1.58. The third-order valence-electron chi connectivity index (χ3n) is 2.91. The Balaban J connectivity index is 0.000000217. The molecule has 0 saturated carbocycles. The lowest BCUT2D eigenvalue weighted by Crippen LogP contribution is -2.10. The van der Waals surface area contributed by atoms with Crippen LogP contribution in [0.25, 0.3) is 0 Å². The van der Waals surface area contributed by atoms with Crippen LogP contribution < -0.4 is 0 Å². The minimum absolute atomic E-state index is 0.311. The third kappa shape index (κ3) is 5.10. The standard InChI is InChI=1S/C10H10O2.C6H8O2/c1-2-10(11)12-8-9-6-4-3-5-7-9;1-4-2-3-5(4)6(7)8/h2-7H,1,8H2;2-3H2,1H3,(H,7,8). The normalized spacial score (nSPS) is 12.7. The van der Waals surface area contributed by atoms with Crippen LogP contribution in [0.1, 0.15) is 25.3 Å². The lowest BCUT2D eigenvalue weighted by atomic mass is 9.90. The molecular weight excluding hydrogens is 256 g/mol. The van der Waals surface area contributed by atoms with Gasteiger partial charge in [-0.1, -0.05) is 42.5 Å². The molecule has 0 aromatic heterocycles. The maximum atomic E-state index is 10.6. The van der Waals surface area contributed by atoms with E-state index in [1.54, 1.807) is 0 Å². The zero-order valence-electron chi connectivity index (χ0n) is 11.5. The van der Waals surface area contributed by atoms with Crippen LogP contribution in [-0.2, 0) is 20.9 Å². The van der Waals surface area contributed by atoms with Gasteiger partial charge in [0.15, 0.2) is 0 Å². The van der Waals surface area contributed by atoms with E-state index >= 15 is 0 Å². The summed E-state index contributed by atoms with van der Waals surface area (Å²) in [4.78, 5) is 20.8. The number of hydrogen-bond donors (Lipinski definition) is 1. The van der Waals surface area contributed by atoms with Gasteiger partial charge in [-0.3, -0.25) is 0 Å². The molecule has 0 fully saturated rings. The number of carbonyl (C=O) groups is 2. The molecule has 4 nitrogen and oxygen atoms in total. The van der Waals surface area contributed by atoms with E-state index < -0.39 is 5.97 Å². The highest BCUT2D eigenvalue weighted by Crippen LogP contribution is 2.26. The average molecular weight is 274 g/mol. The summed E-state index contributed by atoms with van der Waals surface area (Å²) in [6.07, 6.45) is 2.89. The Kier molecular flexibility index (Phi) is 6.23. The second kappa shape index (κ2) is 7.94. The molecule has 0 amide bonds. The van der Waals surface area contributed by atoms with Gasteiger partial charge in [0.25, 0.3) is 0 Å². The fraction of sp³-hybridized carbons (Fsp3) is 0.250. The van der Waals surface area contributed by atoms with Crippen LogP contribution in [-0.4, -0.2) is 17.0 Å². The molecule has 106 valence electrons. The van der Waals surface area contributed by atoms with E-state index in [9.17, 15) is 9.59 Å². The van der Waals surface area contributed by atoms with E-state index in [-0.39, 0.29) is 5.97 Å². The minimum atomic E-state index is -0.742. The number of benzene rings is 1. The number of esters is 1. The van der Waals surface area contributed by atoms with Crippen LogP contribution in [0.4, 0.5) is 0 Å². The first-order chi connectivity index (χ1) is 9.54. The molecular formula is C16H18O4. The summed E-state index contributed by atoms with van der Waals surface area (Å²) in [5.74, 6) is -1.13. The van der Waals surface area contributed by atoms with Crippen LogP contribution >= 0.6 is 0 Å². The van der Waals surface area contributed by atoms with Crippen molar-refractivity contribution in [3.63, 3.8) is 0 Å². The van der Waals surface area contributed by atoms with E-state index in [4.69, 9.17) is 9.84 Å². The Hall–Kier alpha value is -2.36. The topological polar surface area (TPSA) is 63.6 Å². The van der Waals surface area contributed by atoms with Crippen LogP contribution in [0.5, 0.6) is 0 Å². The molecule has 0 unspecified atom stereocenters. The number of rotatable bonds is 4. The first-order valence-corrected chi connectivity index (χ1v) is 6.29. The van der Waals surface area contributed by atoms with Crippen molar-refractivity contribution in [2.24, 2.45) is 0 Å². The summed E-state index contributed by atoms with van der Waals surface area (Å²) in [6, 6.07) is 9.51. The number of carboxylic acid groups (broad SMARTS) is 1. The first kappa shape index (κ1) is 15.7. The van der Waals surface area contributed by atoms with Crippen LogP contribution in [0.15, 0.2) is 54.1 Å². The SMILES string of the molecule is C=CC(=O)OCc1ccccc1.CC1=C(C(=O)O)CC1. The van der Waals surface area contributed by atoms with Crippen molar-refractivity contribution in [3.8, 4) is 0 Å². The van der Waals surface area contributed by atoms with Gasteiger partial charge in [0.2, 0.25) is 0 Å². The van der Waals surface area contributed by atoms with Crippen molar-refractivity contribution in [2.75, 3.05) is 0 Å². The second-order valence-electron chi connectivity index (χ2n) is 4.36. The van der Waals surface area contributed by atoms with Crippen LogP contribution in [0.3, 0.4) is 0 Å². The molecule has 0 radical (unpaired) electrons. The molecule has 1 aromatic carbocycles. The summed E-state index contributed by atoms with van der Waals surface area (Å²) < 4.78 is 4.82. The smallest absolute Gasteiger partial charge is 0.331 e. The van der Waals surface area contributed by atoms with Crippen LogP contribution in [0, 0.1) is 0 Å². The highest BCUT2D eigenvalue weighted by molar-refractivity contribution is 5.89. The molecule has 1 aliphatic rings. The molecule has 1 aromatic rings. The molecule has 4 heteroatoms. The number of carboxylic acids is 1. The Labute approximate surface area is 118 Å². The van der Waals surface area contributed by atoms with Crippen molar-refractivity contribution < 1.29 is 19.4 Å². The Morgan fingerprint density at radius 2 is 1.95 bits per heavy atom. The summed E-state index contributed by atoms with van der Waals surface area (Å²) in [6.45, 7) is 5.48. The summed E-state index contributed by atoms with van der Waals surface area (Å²) >= 11 is 0. The van der Waals surface area contributed by atoms with Gasteiger partial charge in [0.1, 0.15) is 6.61 Å². The molecule has 2 rings (SSSR count). The number of carbonyl (C=O) groups excluding carboxylic acids is 1. The predicted molar refractivity (Wildman–Crippen MR) is 76.0 cm³/mol. The number of hydrogen-bond acceptors (Lipinski definition) is 3. The maximum absolute atomic E-state index is 10.6. The molecule has 0 bridgehead atoms. The molecule has 0 aliphatic heterocycles. The lowest BCUT2D eigenvalue weighted by Gasteiger charge is -2.15. The molecule has 0 heterocycles. The summed E-state index contributed by atoms with van der Waals surface area (Å²) in [5.41, 5.74) is 2.63. The van der Waals surface area contributed by atoms with Gasteiger partial charge >= 0.3 is 11.9 Å². The van der Waals surface area contributed by atoms with Gasteiger partial charge in [-0.2, -0.15) is 0 Å². The Morgan fingerprint density at radius 3 is 2.30 bits per heavy atom. The van der Waals surface area contributed by atoms with Crippen molar-refractivity contribution in [3.05, 3.63) is 59.7 Å². The first-order valence-electron chi connectivity index (χ1n) is 6.29. The molecule has 1 aliphatic carbocycles. The van der Waals surface area contributed by atoms with E-state index in [2.05, 4.69) is 6.58 Å². The van der Waals surface area contributed by atoms with Gasteiger partial charge in [-0.15, -0.1) is 0 Å². The average Bonchev–Trinajstić information content (AvgIpc) is 2.44. The largest absolute Gasteiger partial charge is 0.478 e. The number of allylic oxidation sites excluding steroid dienone is 1. The van der Waals surface area contributed by atoms with E-state index in [1.165, 1.54) is 0 Å². The summed E-state index contributed by atoms with van der Waals surface area (Å²) in [7, 11) is 0. The van der Waals surface area contributed by atoms with Gasteiger partial charge in [-0.05, 0) is 25.3 Å². The van der Waals surface area contributed by atoms with E-state index in [1.807, 2.05) is 37.3 Å². The quantitative estimate of drug-likeness (QED) is 0.677. The monoisotopic (exact) mass is 274 g/mol. The molecule has 0 spiro atoms. The zero-order valence-corrected chi connectivity index (χ0v) is 11.5.